The summed E-state index contributed by atoms with van der Waals surface area (Å²) in [5.74, 6) is 0. The first-order valence-corrected chi connectivity index (χ1v) is 15.8. The van der Waals surface area contributed by atoms with E-state index in [0.29, 0.717) is 0 Å². The molecule has 0 fully saturated rings. The van der Waals surface area contributed by atoms with Gasteiger partial charge in [-0.3, -0.25) is 0 Å². The lowest BCUT2D eigenvalue weighted by Crippen LogP contribution is -2.67. The van der Waals surface area contributed by atoms with Crippen LogP contribution >= 0.6 is 23.2 Å². The van der Waals surface area contributed by atoms with Crippen molar-refractivity contribution in [1.82, 2.24) is 0 Å². The quantitative estimate of drug-likeness (QED) is 0.229. The molecule has 0 aromatic heterocycles. The van der Waals surface area contributed by atoms with Gasteiger partial charge < -0.3 is 0 Å². The lowest BCUT2D eigenvalue weighted by atomic mass is 10.0. The maximum Gasteiger partial charge on any atom is 0.140 e. The van der Waals surface area contributed by atoms with Gasteiger partial charge in [0.15, 0.2) is 0 Å². The molecule has 0 heterocycles. The van der Waals surface area contributed by atoms with Crippen molar-refractivity contribution in [3.05, 3.63) is 142 Å². The van der Waals surface area contributed by atoms with Crippen LogP contribution in [0.2, 0.25) is 0 Å². The zero-order valence-corrected chi connectivity index (χ0v) is 24.2. The molecule has 0 radical (unpaired) electrons. The second-order valence-corrected chi connectivity index (χ2v) is 15.3. The third-order valence-electron chi connectivity index (χ3n) is 8.64. The Morgan fingerprint density at radius 3 is 1.24 bits per heavy atom. The minimum absolute atomic E-state index is 0.176. The lowest BCUT2D eigenvalue weighted by Gasteiger charge is -2.45. The Morgan fingerprint density at radius 1 is 0.486 bits per heavy atom. The van der Waals surface area contributed by atoms with Crippen molar-refractivity contribution >= 4 is 51.7 Å². The maximum atomic E-state index is 7.24. The summed E-state index contributed by atoms with van der Waals surface area (Å²) < 4.78 is 0. The number of rotatable bonds is 4. The molecule has 2 unspecified atom stereocenters. The number of halogens is 2. The highest BCUT2D eigenvalue weighted by molar-refractivity contribution is 7.05. The van der Waals surface area contributed by atoms with E-state index < -0.39 is 8.07 Å². The molecule has 0 spiro atoms. The van der Waals surface area contributed by atoms with E-state index in [1.165, 1.54) is 54.9 Å². The van der Waals surface area contributed by atoms with Crippen molar-refractivity contribution in [3.63, 3.8) is 0 Å². The van der Waals surface area contributed by atoms with Crippen LogP contribution in [0.1, 0.15) is 58.3 Å². The van der Waals surface area contributed by atoms with E-state index in [4.69, 9.17) is 23.2 Å². The van der Waals surface area contributed by atoms with Gasteiger partial charge in [-0.05, 0) is 72.2 Å². The number of benzene rings is 4. The predicted octanol–water partition coefficient (Wildman–Crippen LogP) is 8.48. The van der Waals surface area contributed by atoms with Crippen molar-refractivity contribution in [2.75, 3.05) is 0 Å². The number of aryl methyl sites for hydroxylation is 2. The third kappa shape index (κ3) is 3.41. The Kier molecular flexibility index (Phi) is 6.07. The summed E-state index contributed by atoms with van der Waals surface area (Å²) in [6, 6.07) is 35.8. The number of fused-ring (bicyclic) bond motifs is 2. The zero-order chi connectivity index (χ0) is 25.9. The van der Waals surface area contributed by atoms with Gasteiger partial charge in [-0.15, -0.1) is 0 Å². The summed E-state index contributed by atoms with van der Waals surface area (Å²) in [4.78, 5) is 0. The summed E-state index contributed by atoms with van der Waals surface area (Å²) in [7, 11) is -2.72. The summed E-state index contributed by atoms with van der Waals surface area (Å²) in [5, 5.41) is 4.65. The first-order valence-electron chi connectivity index (χ1n) is 12.9. The minimum atomic E-state index is -2.72. The first-order chi connectivity index (χ1) is 17.9. The lowest BCUT2D eigenvalue weighted by molar-refractivity contribution is 0.988. The van der Waals surface area contributed by atoms with Crippen LogP contribution in [0.3, 0.4) is 0 Å². The van der Waals surface area contributed by atoms with Crippen LogP contribution in [0.15, 0.2) is 108 Å². The Balaban J connectivity index is 1.81. The molecule has 0 saturated carbocycles. The van der Waals surface area contributed by atoms with E-state index in [-0.39, 0.29) is 11.1 Å². The highest BCUT2D eigenvalue weighted by Gasteiger charge is 2.57. The third-order valence-corrected chi connectivity index (χ3v) is 15.5. The Labute approximate surface area is 231 Å². The molecule has 2 aliphatic rings. The molecule has 0 bridgehead atoms. The molecule has 0 N–H and O–H groups in total. The molecular weight excluding hydrogens is 507 g/mol. The van der Waals surface area contributed by atoms with Gasteiger partial charge in [0.2, 0.25) is 0 Å². The summed E-state index contributed by atoms with van der Waals surface area (Å²) >= 11 is 14.5. The highest BCUT2D eigenvalue weighted by atomic mass is 35.5. The molecule has 0 nitrogen and oxygen atoms in total. The number of allylic oxidation sites excluding steroid dienone is 2. The van der Waals surface area contributed by atoms with Crippen molar-refractivity contribution in [3.8, 4) is 0 Å². The van der Waals surface area contributed by atoms with Gasteiger partial charge >= 0.3 is 0 Å². The van der Waals surface area contributed by atoms with Gasteiger partial charge in [-0.2, -0.15) is 0 Å². The van der Waals surface area contributed by atoms with E-state index >= 15 is 0 Å². The van der Waals surface area contributed by atoms with Crippen molar-refractivity contribution in [2.45, 2.75) is 38.8 Å². The summed E-state index contributed by atoms with van der Waals surface area (Å²) in [6.07, 6.45) is 0. The van der Waals surface area contributed by atoms with Gasteiger partial charge in [0.1, 0.15) is 8.07 Å². The molecule has 6 rings (SSSR count). The monoisotopic (exact) mass is 536 g/mol. The normalized spacial score (nSPS) is 18.9. The van der Waals surface area contributed by atoms with Crippen LogP contribution in [0.25, 0.3) is 10.1 Å². The summed E-state index contributed by atoms with van der Waals surface area (Å²) in [5.41, 5.74) is 10.5. The smallest absolute Gasteiger partial charge is 0.0837 e. The van der Waals surface area contributed by atoms with Crippen LogP contribution < -0.4 is 10.4 Å². The standard InChI is InChI=1S/C34H30Cl2Si/c1-21-13-11-19-27-29(21)31(35)23(3)33(27)37(25-15-7-5-8-16-25,26-17-9-6-10-18-26)34-24(4)32(36)30-22(2)14-12-20-28(30)34/h5-20,33-34H,1-4H3. The molecule has 0 amide bonds. The van der Waals surface area contributed by atoms with Crippen LogP contribution in [0, 0.1) is 13.8 Å². The molecule has 37 heavy (non-hydrogen) atoms. The fourth-order valence-corrected chi connectivity index (χ4v) is 14.7. The maximum absolute atomic E-state index is 7.24. The molecule has 2 atom stereocenters. The topological polar surface area (TPSA) is 0 Å². The van der Waals surface area contributed by atoms with Gasteiger partial charge in [-0.1, -0.05) is 131 Å². The molecule has 3 heteroatoms. The second kappa shape index (κ2) is 9.17. The van der Waals surface area contributed by atoms with Crippen LogP contribution in [-0.2, 0) is 0 Å². The second-order valence-electron chi connectivity index (χ2n) is 10.5. The summed E-state index contributed by atoms with van der Waals surface area (Å²) in [6.45, 7) is 8.88. The zero-order valence-electron chi connectivity index (χ0n) is 21.6. The molecule has 0 saturated heterocycles. The van der Waals surface area contributed by atoms with Crippen molar-refractivity contribution < 1.29 is 0 Å². The molecular formula is C34H30Cl2Si. The van der Waals surface area contributed by atoms with E-state index in [2.05, 4.69) is 125 Å². The Morgan fingerprint density at radius 2 is 0.865 bits per heavy atom. The van der Waals surface area contributed by atoms with Crippen LogP contribution in [0.4, 0.5) is 0 Å². The minimum Gasteiger partial charge on any atom is -0.0837 e. The van der Waals surface area contributed by atoms with E-state index in [9.17, 15) is 0 Å². The van der Waals surface area contributed by atoms with Gasteiger partial charge in [0.25, 0.3) is 0 Å². The molecule has 184 valence electrons. The SMILES string of the molecule is CC1=C(Cl)c2c(C)cccc2C1[Si](c1ccccc1)(c1ccccc1)C1C(C)=C(Cl)c2c(C)cccc21. The van der Waals surface area contributed by atoms with E-state index in [1.807, 2.05) is 0 Å². The first kappa shape index (κ1) is 24.5. The van der Waals surface area contributed by atoms with Gasteiger partial charge in [0, 0.05) is 21.1 Å². The molecule has 4 aromatic rings. The van der Waals surface area contributed by atoms with Gasteiger partial charge in [0.05, 0.1) is 0 Å². The van der Waals surface area contributed by atoms with Crippen molar-refractivity contribution in [2.24, 2.45) is 0 Å². The van der Waals surface area contributed by atoms with E-state index in [0.717, 1.165) is 10.1 Å². The molecule has 2 aliphatic carbocycles. The largest absolute Gasteiger partial charge is 0.140 e. The molecule has 4 aromatic carbocycles. The highest BCUT2D eigenvalue weighted by Crippen LogP contribution is 2.57. The number of hydrogen-bond donors (Lipinski definition) is 0. The average Bonchev–Trinajstić information content (AvgIpc) is 3.33. The number of hydrogen-bond acceptors (Lipinski definition) is 0. The fourth-order valence-electron chi connectivity index (χ4n) is 7.18. The average molecular weight is 538 g/mol. The van der Waals surface area contributed by atoms with Crippen molar-refractivity contribution in [1.29, 1.82) is 0 Å². The Hall–Kier alpha value is -2.84. The Bertz CT molecular complexity index is 1460. The molecule has 0 aliphatic heterocycles. The van der Waals surface area contributed by atoms with Gasteiger partial charge in [-0.25, -0.2) is 0 Å². The fraction of sp³-hybridized carbons (Fsp3) is 0.176. The van der Waals surface area contributed by atoms with E-state index in [1.54, 1.807) is 0 Å². The van der Waals surface area contributed by atoms with Crippen LogP contribution in [-0.4, -0.2) is 8.07 Å². The predicted molar refractivity (Wildman–Crippen MR) is 163 cm³/mol. The van der Waals surface area contributed by atoms with Crippen LogP contribution in [0.5, 0.6) is 0 Å².